The second kappa shape index (κ2) is 4.71. The third-order valence-corrected chi connectivity index (χ3v) is 4.54. The highest BCUT2D eigenvalue weighted by atomic mass is 79.9. The van der Waals surface area contributed by atoms with Gasteiger partial charge >= 0.3 is 0 Å². The van der Waals surface area contributed by atoms with Crippen LogP contribution >= 0.6 is 25.1 Å². The molecule has 17 heavy (non-hydrogen) atoms. The van der Waals surface area contributed by atoms with Crippen molar-refractivity contribution in [1.82, 2.24) is 0 Å². The first-order valence-electron chi connectivity index (χ1n) is 5.27. The SMILES string of the molecule is C=S(=C)(C)c1ccc(-c2ccc(Br)cc2)cc1. The van der Waals surface area contributed by atoms with Crippen LogP contribution in [-0.2, 0) is 0 Å². The van der Waals surface area contributed by atoms with Crippen LogP contribution < -0.4 is 0 Å². The third kappa shape index (κ3) is 3.02. The molecule has 0 saturated carbocycles. The molecule has 2 rings (SSSR count). The molecule has 0 aliphatic carbocycles. The standard InChI is InChI=1S/C15H15BrS/c1-17(2,3)15-10-6-13(7-11-15)12-4-8-14(16)9-5-12/h4-11H,1-2H2,3H3. The van der Waals surface area contributed by atoms with E-state index in [4.69, 9.17) is 0 Å². The fraction of sp³-hybridized carbons (Fsp3) is 0.0667. The van der Waals surface area contributed by atoms with Crippen molar-refractivity contribution < 1.29 is 0 Å². The van der Waals surface area contributed by atoms with E-state index in [1.807, 2.05) is 0 Å². The Morgan fingerprint density at radius 2 is 1.24 bits per heavy atom. The van der Waals surface area contributed by atoms with E-state index in [0.717, 1.165) is 4.47 Å². The van der Waals surface area contributed by atoms with Crippen molar-refractivity contribution in [2.75, 3.05) is 6.26 Å². The monoisotopic (exact) mass is 306 g/mol. The summed E-state index contributed by atoms with van der Waals surface area (Å²) in [5.74, 6) is 8.24. The molecule has 0 fully saturated rings. The maximum atomic E-state index is 4.12. The van der Waals surface area contributed by atoms with E-state index in [0.29, 0.717) is 0 Å². The molecule has 2 heteroatoms. The smallest absolute Gasteiger partial charge is 0.0175 e. The van der Waals surface area contributed by atoms with Gasteiger partial charge in [-0.15, -0.1) is 0 Å². The molecule has 0 atom stereocenters. The minimum Gasteiger partial charge on any atom is -0.190 e. The van der Waals surface area contributed by atoms with Crippen molar-refractivity contribution in [1.29, 1.82) is 0 Å². The highest BCUT2D eigenvalue weighted by molar-refractivity contribution is 9.10. The van der Waals surface area contributed by atoms with Gasteiger partial charge in [-0.05, 0) is 46.5 Å². The molecule has 0 N–H and O–H groups in total. The number of hydrogen-bond acceptors (Lipinski definition) is 0. The second-order valence-corrected chi connectivity index (χ2v) is 8.24. The van der Waals surface area contributed by atoms with Crippen molar-refractivity contribution in [2.24, 2.45) is 0 Å². The molecule has 88 valence electrons. The predicted octanol–water partition coefficient (Wildman–Crippen LogP) is 4.77. The Bertz CT molecular complexity index is 605. The molecule has 0 saturated heterocycles. The molecule has 0 aromatic heterocycles. The number of halogens is 1. The van der Waals surface area contributed by atoms with Crippen LogP contribution in [0.4, 0.5) is 0 Å². The first kappa shape index (κ1) is 12.5. The van der Waals surface area contributed by atoms with Gasteiger partial charge in [0.1, 0.15) is 0 Å². The largest absolute Gasteiger partial charge is 0.190 e. The Morgan fingerprint density at radius 1 is 0.824 bits per heavy atom. The van der Waals surface area contributed by atoms with Gasteiger partial charge in [-0.3, -0.25) is 0 Å². The van der Waals surface area contributed by atoms with Crippen LogP contribution in [0.2, 0.25) is 0 Å². The molecule has 0 nitrogen and oxygen atoms in total. The minimum atomic E-state index is -1.12. The number of hydrogen-bond donors (Lipinski definition) is 0. The van der Waals surface area contributed by atoms with E-state index in [1.165, 1.54) is 16.0 Å². The van der Waals surface area contributed by atoms with Crippen molar-refractivity contribution >= 4 is 36.9 Å². The van der Waals surface area contributed by atoms with Gasteiger partial charge in [-0.2, -0.15) is 9.21 Å². The maximum absolute atomic E-state index is 4.12. The predicted molar refractivity (Wildman–Crippen MR) is 85.6 cm³/mol. The zero-order valence-corrected chi connectivity index (χ0v) is 12.2. The van der Waals surface area contributed by atoms with Crippen molar-refractivity contribution in [3.63, 3.8) is 0 Å². The van der Waals surface area contributed by atoms with Crippen LogP contribution in [0.25, 0.3) is 11.1 Å². The van der Waals surface area contributed by atoms with Crippen molar-refractivity contribution in [2.45, 2.75) is 4.90 Å². The lowest BCUT2D eigenvalue weighted by atomic mass is 10.1. The van der Waals surface area contributed by atoms with Crippen LogP contribution in [0.3, 0.4) is 0 Å². The molecular weight excluding hydrogens is 292 g/mol. The molecule has 0 aliphatic rings. The van der Waals surface area contributed by atoms with E-state index in [1.54, 1.807) is 0 Å². The molecule has 0 radical (unpaired) electrons. The van der Waals surface area contributed by atoms with E-state index >= 15 is 0 Å². The summed E-state index contributed by atoms with van der Waals surface area (Å²) in [5.41, 5.74) is 2.45. The second-order valence-electron chi connectivity index (χ2n) is 4.31. The molecular formula is C15H15BrS. The molecule has 0 bridgehead atoms. The van der Waals surface area contributed by atoms with Crippen LogP contribution in [-0.4, -0.2) is 18.0 Å². The summed E-state index contributed by atoms with van der Waals surface area (Å²) in [6.07, 6.45) is 2.10. The van der Waals surface area contributed by atoms with E-state index in [-0.39, 0.29) is 0 Å². The van der Waals surface area contributed by atoms with Gasteiger partial charge in [0.2, 0.25) is 0 Å². The zero-order valence-electron chi connectivity index (χ0n) is 9.82. The summed E-state index contributed by atoms with van der Waals surface area (Å²) < 4.78 is 1.10. The molecule has 2 aromatic rings. The lowest BCUT2D eigenvalue weighted by Crippen LogP contribution is -1.80. The molecule has 2 aromatic carbocycles. The summed E-state index contributed by atoms with van der Waals surface area (Å²) in [6.45, 7) is 0. The average molecular weight is 307 g/mol. The van der Waals surface area contributed by atoms with Gasteiger partial charge in [0, 0.05) is 4.47 Å². The van der Waals surface area contributed by atoms with Crippen LogP contribution in [0.1, 0.15) is 0 Å². The van der Waals surface area contributed by atoms with Crippen LogP contribution in [0.15, 0.2) is 57.9 Å². The highest BCUT2D eigenvalue weighted by Gasteiger charge is 1.99. The van der Waals surface area contributed by atoms with E-state index in [9.17, 15) is 0 Å². The first-order chi connectivity index (χ1) is 7.97. The maximum Gasteiger partial charge on any atom is 0.0175 e. The average Bonchev–Trinajstić information content (AvgIpc) is 2.29. The zero-order chi connectivity index (χ0) is 12.5. The van der Waals surface area contributed by atoms with Crippen LogP contribution in [0.5, 0.6) is 0 Å². The summed E-state index contributed by atoms with van der Waals surface area (Å²) in [6, 6.07) is 16.9. The topological polar surface area (TPSA) is 0 Å². The molecule has 0 amide bonds. The fourth-order valence-electron chi connectivity index (χ4n) is 1.62. The van der Waals surface area contributed by atoms with Gasteiger partial charge in [0.25, 0.3) is 0 Å². The van der Waals surface area contributed by atoms with Crippen molar-refractivity contribution in [3.05, 3.63) is 53.0 Å². The lowest BCUT2D eigenvalue weighted by Gasteiger charge is -2.09. The minimum absolute atomic E-state index is 1.10. The lowest BCUT2D eigenvalue weighted by molar-refractivity contribution is 1.46. The molecule has 0 spiro atoms. The van der Waals surface area contributed by atoms with Crippen molar-refractivity contribution in [3.8, 4) is 11.1 Å². The van der Waals surface area contributed by atoms with E-state index in [2.05, 4.69) is 82.5 Å². The first-order valence-corrected chi connectivity index (χ1v) is 8.44. The number of benzene rings is 2. The third-order valence-electron chi connectivity index (χ3n) is 2.60. The summed E-state index contributed by atoms with van der Waals surface area (Å²) >= 11 is 3.44. The quantitative estimate of drug-likeness (QED) is 0.701. The molecule has 0 unspecified atom stereocenters. The van der Waals surface area contributed by atoms with E-state index < -0.39 is 9.21 Å². The summed E-state index contributed by atoms with van der Waals surface area (Å²) in [4.78, 5) is 1.23. The highest BCUT2D eigenvalue weighted by Crippen LogP contribution is 2.30. The fourth-order valence-corrected chi connectivity index (χ4v) is 2.68. The molecule has 0 heterocycles. The Labute approximate surface area is 112 Å². The number of rotatable bonds is 2. The Hall–Kier alpha value is -0.990. The van der Waals surface area contributed by atoms with Gasteiger partial charge < -0.3 is 0 Å². The van der Waals surface area contributed by atoms with Gasteiger partial charge in [0.15, 0.2) is 0 Å². The Kier molecular flexibility index (Phi) is 3.45. The van der Waals surface area contributed by atoms with Gasteiger partial charge in [-0.25, -0.2) is 0 Å². The normalized spacial score (nSPS) is 11.4. The summed E-state index contributed by atoms with van der Waals surface area (Å²) in [7, 11) is -1.12. The Morgan fingerprint density at radius 3 is 1.65 bits per heavy atom. The molecule has 0 aliphatic heterocycles. The van der Waals surface area contributed by atoms with Gasteiger partial charge in [-0.1, -0.05) is 51.9 Å². The van der Waals surface area contributed by atoms with Gasteiger partial charge in [0.05, 0.1) is 0 Å². The summed E-state index contributed by atoms with van der Waals surface area (Å²) in [5, 5.41) is 0. The Balaban J connectivity index is 2.39. The van der Waals surface area contributed by atoms with Crippen LogP contribution in [0, 0.1) is 0 Å².